The van der Waals surface area contributed by atoms with Crippen LogP contribution in [0.2, 0.25) is 0 Å². The summed E-state index contributed by atoms with van der Waals surface area (Å²) in [5.74, 6) is -0.852. The number of alkyl halides is 3. The molecule has 152 valence electrons. The van der Waals surface area contributed by atoms with Gasteiger partial charge in [0, 0.05) is 17.2 Å². The quantitative estimate of drug-likeness (QED) is 0.480. The molecule has 0 aliphatic rings. The third kappa shape index (κ3) is 6.54. The molecular formula is C18H18F3NO4S2. The molecule has 2 N–H and O–H groups in total. The molecule has 0 aliphatic heterocycles. The predicted molar refractivity (Wildman–Crippen MR) is 101 cm³/mol. The summed E-state index contributed by atoms with van der Waals surface area (Å²) in [5.41, 5.74) is 1.48. The molecule has 1 atom stereocenters. The molecule has 2 aromatic carbocycles. The molecule has 10 heteroatoms. The predicted octanol–water partition coefficient (Wildman–Crippen LogP) is 4.30. The largest absolute Gasteiger partial charge is 0.573 e. The fraction of sp³-hybridized carbons (Fsp3) is 0.278. The highest BCUT2D eigenvalue weighted by Gasteiger charge is 2.30. The first-order valence-electron chi connectivity index (χ1n) is 8.05. The van der Waals surface area contributed by atoms with Gasteiger partial charge in [0.1, 0.15) is 16.7 Å². The summed E-state index contributed by atoms with van der Waals surface area (Å²) in [4.78, 5) is 12.4. The van der Waals surface area contributed by atoms with Gasteiger partial charge in [-0.05, 0) is 61.4 Å². The molecule has 1 unspecified atom stereocenters. The molecule has 0 spiro atoms. The number of halogens is 3. The standard InChI is InChI=1S/C18H18F3NO4S2/c1-11-9-15(10-16(12(11)2)17(23)24)28(25)22-7-8-27-14-5-3-13(4-6-14)26-18(19,20)21/h3-6,9-10,22H,7-8H2,1-2H3,(H,23,24). The Bertz CT molecular complexity index is 870. The topological polar surface area (TPSA) is 75.6 Å². The third-order valence-corrected chi connectivity index (χ3v) is 5.89. The summed E-state index contributed by atoms with van der Waals surface area (Å²) >= 11 is 1.37. The van der Waals surface area contributed by atoms with Gasteiger partial charge in [0.25, 0.3) is 0 Å². The summed E-state index contributed by atoms with van der Waals surface area (Å²) in [5, 5.41) is 9.22. The van der Waals surface area contributed by atoms with Crippen molar-refractivity contribution in [1.82, 2.24) is 4.72 Å². The summed E-state index contributed by atoms with van der Waals surface area (Å²) < 4.78 is 55.3. The van der Waals surface area contributed by atoms with Crippen molar-refractivity contribution in [3.63, 3.8) is 0 Å². The maximum Gasteiger partial charge on any atom is 0.573 e. The number of aromatic carboxylic acids is 1. The van der Waals surface area contributed by atoms with E-state index >= 15 is 0 Å². The van der Waals surface area contributed by atoms with Crippen LogP contribution in [-0.2, 0) is 11.0 Å². The first kappa shape index (κ1) is 22.3. The SMILES string of the molecule is Cc1cc(S(=O)NCCSc2ccc(OC(F)(F)F)cc2)cc(C(=O)O)c1C. The number of rotatable bonds is 8. The van der Waals surface area contributed by atoms with Gasteiger partial charge in [0.15, 0.2) is 0 Å². The van der Waals surface area contributed by atoms with Crippen molar-refractivity contribution in [3.8, 4) is 5.75 Å². The van der Waals surface area contributed by atoms with Gasteiger partial charge in [-0.1, -0.05) is 0 Å². The van der Waals surface area contributed by atoms with Crippen LogP contribution in [0.1, 0.15) is 21.5 Å². The van der Waals surface area contributed by atoms with Crippen LogP contribution >= 0.6 is 11.8 Å². The molecule has 0 amide bonds. The van der Waals surface area contributed by atoms with Crippen LogP contribution in [0.4, 0.5) is 13.2 Å². The normalized spacial score (nSPS) is 12.6. The number of carboxylic acids is 1. The van der Waals surface area contributed by atoms with Gasteiger partial charge in [0.05, 0.1) is 10.5 Å². The smallest absolute Gasteiger partial charge is 0.478 e. The molecule has 0 saturated heterocycles. The van der Waals surface area contributed by atoms with Crippen LogP contribution in [0.15, 0.2) is 46.2 Å². The van der Waals surface area contributed by atoms with E-state index in [9.17, 15) is 27.3 Å². The Morgan fingerprint density at radius 2 is 1.86 bits per heavy atom. The number of carboxylic acid groups (broad SMARTS) is 1. The highest BCUT2D eigenvalue weighted by atomic mass is 32.2. The van der Waals surface area contributed by atoms with Gasteiger partial charge in [-0.3, -0.25) is 0 Å². The lowest BCUT2D eigenvalue weighted by atomic mass is 10.0. The van der Waals surface area contributed by atoms with Crippen molar-refractivity contribution in [2.75, 3.05) is 12.3 Å². The zero-order valence-electron chi connectivity index (χ0n) is 15.0. The third-order valence-electron chi connectivity index (χ3n) is 3.75. The van der Waals surface area contributed by atoms with Crippen molar-refractivity contribution in [2.24, 2.45) is 0 Å². The lowest BCUT2D eigenvalue weighted by Gasteiger charge is -2.10. The van der Waals surface area contributed by atoms with E-state index in [1.54, 1.807) is 19.9 Å². The van der Waals surface area contributed by atoms with Gasteiger partial charge in [-0.15, -0.1) is 24.9 Å². The van der Waals surface area contributed by atoms with Gasteiger partial charge in [-0.2, -0.15) is 0 Å². The highest BCUT2D eigenvalue weighted by molar-refractivity contribution is 7.99. The highest BCUT2D eigenvalue weighted by Crippen LogP contribution is 2.26. The maximum atomic E-state index is 12.3. The summed E-state index contributed by atoms with van der Waals surface area (Å²) in [7, 11) is -1.57. The van der Waals surface area contributed by atoms with E-state index in [4.69, 9.17) is 0 Å². The molecule has 0 fully saturated rings. The second kappa shape index (κ2) is 9.44. The van der Waals surface area contributed by atoms with Crippen LogP contribution < -0.4 is 9.46 Å². The summed E-state index contributed by atoms with van der Waals surface area (Å²) in [6.07, 6.45) is -4.72. The van der Waals surface area contributed by atoms with Crippen molar-refractivity contribution in [3.05, 3.63) is 53.1 Å². The number of thioether (sulfide) groups is 1. The molecule has 28 heavy (non-hydrogen) atoms. The molecule has 5 nitrogen and oxygen atoms in total. The van der Waals surface area contributed by atoms with Crippen LogP contribution in [0.25, 0.3) is 0 Å². The Morgan fingerprint density at radius 3 is 2.43 bits per heavy atom. The van der Waals surface area contributed by atoms with E-state index in [1.165, 1.54) is 42.1 Å². The van der Waals surface area contributed by atoms with Crippen LogP contribution in [0, 0.1) is 13.8 Å². The van der Waals surface area contributed by atoms with E-state index in [2.05, 4.69) is 9.46 Å². The van der Waals surface area contributed by atoms with E-state index in [-0.39, 0.29) is 11.3 Å². The van der Waals surface area contributed by atoms with Gasteiger partial charge in [-0.25, -0.2) is 13.7 Å². The van der Waals surface area contributed by atoms with Crippen molar-refractivity contribution in [1.29, 1.82) is 0 Å². The molecule has 0 heterocycles. The molecule has 0 radical (unpaired) electrons. The van der Waals surface area contributed by atoms with Gasteiger partial charge < -0.3 is 9.84 Å². The number of carbonyl (C=O) groups is 1. The molecule has 0 bridgehead atoms. The number of ether oxygens (including phenoxy) is 1. The Labute approximate surface area is 166 Å². The zero-order chi connectivity index (χ0) is 20.9. The molecule has 2 aromatic rings. The van der Waals surface area contributed by atoms with Gasteiger partial charge in [0.2, 0.25) is 0 Å². The Morgan fingerprint density at radius 1 is 1.21 bits per heavy atom. The monoisotopic (exact) mass is 433 g/mol. The van der Waals surface area contributed by atoms with E-state index in [0.717, 1.165) is 10.5 Å². The Kier molecular flexibility index (Phi) is 7.50. The second-order valence-electron chi connectivity index (χ2n) is 5.75. The van der Waals surface area contributed by atoms with Crippen LogP contribution in [0.3, 0.4) is 0 Å². The average Bonchev–Trinajstić information content (AvgIpc) is 2.60. The van der Waals surface area contributed by atoms with Crippen molar-refractivity contribution < 1.29 is 32.0 Å². The minimum atomic E-state index is -4.72. The fourth-order valence-corrected chi connectivity index (χ4v) is 4.14. The fourth-order valence-electron chi connectivity index (χ4n) is 2.28. The number of aryl methyl sites for hydroxylation is 1. The summed E-state index contributed by atoms with van der Waals surface area (Å²) in [6.45, 7) is 3.80. The average molecular weight is 433 g/mol. The van der Waals surface area contributed by atoms with Crippen molar-refractivity contribution in [2.45, 2.75) is 30.0 Å². The lowest BCUT2D eigenvalue weighted by molar-refractivity contribution is -0.274. The number of hydrogen-bond acceptors (Lipinski definition) is 4. The molecule has 0 saturated carbocycles. The minimum absolute atomic E-state index is 0.112. The van der Waals surface area contributed by atoms with E-state index < -0.39 is 23.3 Å². The van der Waals surface area contributed by atoms with Crippen molar-refractivity contribution >= 4 is 28.7 Å². The van der Waals surface area contributed by atoms with Gasteiger partial charge >= 0.3 is 12.3 Å². The first-order valence-corrected chi connectivity index (χ1v) is 10.2. The molecule has 0 aromatic heterocycles. The second-order valence-corrected chi connectivity index (χ2v) is 8.21. The first-order chi connectivity index (χ1) is 13.1. The molecule has 2 rings (SSSR count). The number of benzene rings is 2. The zero-order valence-corrected chi connectivity index (χ0v) is 16.6. The maximum absolute atomic E-state index is 12.3. The van der Waals surface area contributed by atoms with E-state index in [1.807, 2.05) is 0 Å². The molecule has 0 aliphatic carbocycles. The van der Waals surface area contributed by atoms with Crippen LogP contribution in [0.5, 0.6) is 5.75 Å². The Hall–Kier alpha value is -2.04. The minimum Gasteiger partial charge on any atom is -0.478 e. The molecular weight excluding hydrogens is 415 g/mol. The van der Waals surface area contributed by atoms with Crippen LogP contribution in [-0.4, -0.2) is 33.9 Å². The summed E-state index contributed by atoms with van der Waals surface area (Å²) in [6, 6.07) is 8.53. The Balaban J connectivity index is 1.87. The number of nitrogens with one attached hydrogen (secondary N) is 1. The number of hydrogen-bond donors (Lipinski definition) is 2. The lowest BCUT2D eigenvalue weighted by Crippen LogP contribution is -2.21. The van der Waals surface area contributed by atoms with E-state index in [0.29, 0.717) is 22.8 Å².